The van der Waals surface area contributed by atoms with Crippen molar-refractivity contribution in [1.82, 2.24) is 0 Å². The molecule has 2 aromatic carbocycles. The molecule has 0 spiro atoms. The van der Waals surface area contributed by atoms with E-state index in [-0.39, 0.29) is 11.1 Å². The predicted octanol–water partition coefficient (Wildman–Crippen LogP) is 6.73. The Kier molecular flexibility index (Phi) is 5.53. The molecule has 26 heavy (non-hydrogen) atoms. The number of rotatable bonds is 3. The van der Waals surface area contributed by atoms with Gasteiger partial charge in [-0.2, -0.15) is 26.3 Å². The minimum atomic E-state index is -4.86. The molecule has 0 heterocycles. The first kappa shape index (κ1) is 19.7. The van der Waals surface area contributed by atoms with Gasteiger partial charge in [0.2, 0.25) is 0 Å². The average Bonchev–Trinajstić information content (AvgIpc) is 2.52. The highest BCUT2D eigenvalue weighted by atomic mass is 19.4. The van der Waals surface area contributed by atoms with Gasteiger partial charge < -0.3 is 0 Å². The first-order chi connectivity index (χ1) is 12.0. The lowest BCUT2D eigenvalue weighted by atomic mass is 10.1. The molecule has 0 aromatic heterocycles. The Morgan fingerprint density at radius 1 is 0.577 bits per heavy atom. The van der Waals surface area contributed by atoms with Gasteiger partial charge in [-0.1, -0.05) is 48.6 Å². The van der Waals surface area contributed by atoms with E-state index in [0.29, 0.717) is 12.1 Å². The van der Waals surface area contributed by atoms with Gasteiger partial charge in [-0.05, 0) is 12.1 Å². The predicted molar refractivity (Wildman–Crippen MR) is 80.9 cm³/mol. The molecular weight excluding hydrogens is 368 g/mol. The van der Waals surface area contributed by atoms with E-state index in [1.807, 2.05) is 0 Å². The van der Waals surface area contributed by atoms with Crippen molar-refractivity contribution < 1.29 is 35.1 Å². The van der Waals surface area contributed by atoms with Crippen molar-refractivity contribution in [3.8, 4) is 0 Å². The van der Waals surface area contributed by atoms with Gasteiger partial charge in [-0.3, -0.25) is 0 Å². The Morgan fingerprint density at radius 2 is 0.923 bits per heavy atom. The normalized spacial score (nSPS) is 13.1. The molecule has 0 saturated carbocycles. The van der Waals surface area contributed by atoms with E-state index in [0.717, 1.165) is 48.6 Å². The Hall–Kier alpha value is -2.64. The van der Waals surface area contributed by atoms with Crippen molar-refractivity contribution in [2.45, 2.75) is 12.4 Å². The minimum Gasteiger partial charge on any atom is -0.206 e. The van der Waals surface area contributed by atoms with Gasteiger partial charge in [-0.15, -0.1) is 0 Å². The first-order valence-electron chi connectivity index (χ1n) is 7.08. The Bertz CT molecular complexity index is 770. The van der Waals surface area contributed by atoms with Crippen LogP contribution in [0.1, 0.15) is 22.3 Å². The fourth-order valence-electron chi connectivity index (χ4n) is 2.11. The molecule has 0 aliphatic heterocycles. The molecule has 8 heteroatoms. The second-order valence-corrected chi connectivity index (χ2v) is 5.13. The maximum Gasteiger partial charge on any atom is 0.419 e. The average molecular weight is 378 g/mol. The summed E-state index contributed by atoms with van der Waals surface area (Å²) in [6.45, 7) is 0. The van der Waals surface area contributed by atoms with Gasteiger partial charge in [0.05, 0.1) is 11.1 Å². The summed E-state index contributed by atoms with van der Waals surface area (Å²) >= 11 is 0. The lowest BCUT2D eigenvalue weighted by molar-refractivity contribution is -0.140. The smallest absolute Gasteiger partial charge is 0.206 e. The summed E-state index contributed by atoms with van der Waals surface area (Å²) in [6, 6.07) is 5.39. The lowest BCUT2D eigenvalue weighted by Crippen LogP contribution is -2.08. The van der Waals surface area contributed by atoms with Crippen molar-refractivity contribution in [3.05, 3.63) is 82.4 Å². The Balaban J connectivity index is 2.25. The molecular formula is C18H10F8. The summed E-state index contributed by atoms with van der Waals surface area (Å²) in [5.41, 5.74) is -3.61. The first-order valence-corrected chi connectivity index (χ1v) is 7.08. The third-order valence-electron chi connectivity index (χ3n) is 3.33. The maximum atomic E-state index is 13.8. The van der Waals surface area contributed by atoms with Crippen molar-refractivity contribution in [2.24, 2.45) is 0 Å². The molecule has 0 aliphatic rings. The quantitative estimate of drug-likeness (QED) is 0.410. The van der Waals surface area contributed by atoms with Crippen LogP contribution in [0.5, 0.6) is 0 Å². The van der Waals surface area contributed by atoms with Crippen molar-refractivity contribution in [3.63, 3.8) is 0 Å². The van der Waals surface area contributed by atoms with Gasteiger partial charge >= 0.3 is 12.4 Å². The molecule has 0 amide bonds. The molecule has 0 unspecified atom stereocenters. The summed E-state index contributed by atoms with van der Waals surface area (Å²) in [5, 5.41) is 0. The van der Waals surface area contributed by atoms with Crippen LogP contribution in [0.2, 0.25) is 0 Å². The second-order valence-electron chi connectivity index (χ2n) is 5.13. The van der Waals surface area contributed by atoms with Crippen LogP contribution in [-0.2, 0) is 12.4 Å². The molecule has 0 nitrogen and oxygen atoms in total. The van der Waals surface area contributed by atoms with Crippen LogP contribution in [0.25, 0.3) is 12.2 Å². The van der Waals surface area contributed by atoms with E-state index in [9.17, 15) is 35.1 Å². The van der Waals surface area contributed by atoms with Crippen LogP contribution in [-0.4, -0.2) is 0 Å². The van der Waals surface area contributed by atoms with Crippen molar-refractivity contribution in [1.29, 1.82) is 0 Å². The zero-order valence-corrected chi connectivity index (χ0v) is 12.8. The fourth-order valence-corrected chi connectivity index (χ4v) is 2.11. The van der Waals surface area contributed by atoms with Crippen LogP contribution >= 0.6 is 0 Å². The molecule has 0 aliphatic carbocycles. The van der Waals surface area contributed by atoms with E-state index in [1.54, 1.807) is 0 Å². The number of hydrogen-bond acceptors (Lipinski definition) is 0. The highest BCUT2D eigenvalue weighted by Crippen LogP contribution is 2.33. The van der Waals surface area contributed by atoms with Gasteiger partial charge in [0.25, 0.3) is 0 Å². The van der Waals surface area contributed by atoms with Crippen LogP contribution < -0.4 is 0 Å². The van der Waals surface area contributed by atoms with Gasteiger partial charge in [0.15, 0.2) is 0 Å². The monoisotopic (exact) mass is 378 g/mol. The summed E-state index contributed by atoms with van der Waals surface area (Å²) in [5.74, 6) is -2.95. The molecule has 2 rings (SSSR count). The van der Waals surface area contributed by atoms with Gasteiger partial charge in [-0.25, -0.2) is 8.78 Å². The molecule has 0 bridgehead atoms. The standard InChI is InChI=1S/C18H10F8/c19-15-11(7-3-9-13(15)17(21,22)23)5-1-2-6-12-8-4-10-14(16(12)20)18(24,25)26/h1-10H/b5-1+,6-2+. The molecule has 0 N–H and O–H groups in total. The number of hydrogen-bond donors (Lipinski definition) is 0. The maximum absolute atomic E-state index is 13.8. The number of benzene rings is 2. The highest BCUT2D eigenvalue weighted by molar-refractivity contribution is 5.59. The van der Waals surface area contributed by atoms with Gasteiger partial charge in [0, 0.05) is 11.1 Å². The number of allylic oxidation sites excluding steroid dienone is 2. The molecule has 0 atom stereocenters. The molecule has 138 valence electrons. The van der Waals surface area contributed by atoms with E-state index >= 15 is 0 Å². The highest BCUT2D eigenvalue weighted by Gasteiger charge is 2.35. The minimum absolute atomic E-state index is 0.367. The van der Waals surface area contributed by atoms with Crippen LogP contribution in [0.15, 0.2) is 48.6 Å². The number of alkyl halides is 6. The topological polar surface area (TPSA) is 0 Å². The zero-order valence-electron chi connectivity index (χ0n) is 12.8. The fraction of sp³-hybridized carbons (Fsp3) is 0.111. The van der Waals surface area contributed by atoms with Crippen LogP contribution in [0, 0.1) is 11.6 Å². The van der Waals surface area contributed by atoms with E-state index in [1.165, 1.54) is 0 Å². The van der Waals surface area contributed by atoms with E-state index in [2.05, 4.69) is 0 Å². The molecule has 0 saturated heterocycles. The number of halogens is 8. The van der Waals surface area contributed by atoms with Crippen molar-refractivity contribution >= 4 is 12.2 Å². The van der Waals surface area contributed by atoms with E-state index < -0.39 is 35.1 Å². The summed E-state index contributed by atoms with van der Waals surface area (Å²) < 4.78 is 103. The Labute approximate surface area is 143 Å². The van der Waals surface area contributed by atoms with Crippen LogP contribution in [0.3, 0.4) is 0 Å². The molecule has 2 aromatic rings. The zero-order chi connectivity index (χ0) is 19.5. The summed E-state index contributed by atoms with van der Waals surface area (Å²) in [7, 11) is 0. The van der Waals surface area contributed by atoms with Crippen LogP contribution in [0.4, 0.5) is 35.1 Å². The molecule has 0 fully saturated rings. The summed E-state index contributed by atoms with van der Waals surface area (Å²) in [4.78, 5) is 0. The SMILES string of the molecule is Fc1c(/C=C/C=C/c2cccc(C(F)(F)F)c2F)cccc1C(F)(F)F. The van der Waals surface area contributed by atoms with E-state index in [4.69, 9.17) is 0 Å². The summed E-state index contributed by atoms with van der Waals surface area (Å²) in [6.07, 6.45) is -5.54. The third kappa shape index (κ3) is 4.50. The van der Waals surface area contributed by atoms with Crippen molar-refractivity contribution in [2.75, 3.05) is 0 Å². The lowest BCUT2D eigenvalue weighted by Gasteiger charge is -2.09. The third-order valence-corrected chi connectivity index (χ3v) is 3.33. The Morgan fingerprint density at radius 3 is 1.23 bits per heavy atom. The largest absolute Gasteiger partial charge is 0.419 e. The van der Waals surface area contributed by atoms with Gasteiger partial charge in [0.1, 0.15) is 11.6 Å². The second kappa shape index (κ2) is 7.31. The molecule has 0 radical (unpaired) electrons.